The third kappa shape index (κ3) is 2.11. The molecule has 0 unspecified atom stereocenters. The lowest BCUT2D eigenvalue weighted by Crippen LogP contribution is -2.38. The fraction of sp³-hybridized carbons (Fsp3) is 0.615. The molecule has 6 nitrogen and oxygen atoms in total. The molecule has 0 radical (unpaired) electrons. The summed E-state index contributed by atoms with van der Waals surface area (Å²) < 4.78 is 2.99. The predicted molar refractivity (Wildman–Crippen MR) is 72.2 cm³/mol. The van der Waals surface area contributed by atoms with Gasteiger partial charge >= 0.3 is 5.69 Å². The highest BCUT2D eigenvalue weighted by atomic mass is 16.2. The van der Waals surface area contributed by atoms with Crippen LogP contribution >= 0.6 is 0 Å². The molecule has 6 heteroatoms. The van der Waals surface area contributed by atoms with Gasteiger partial charge in [0.25, 0.3) is 5.56 Å². The van der Waals surface area contributed by atoms with Crippen LogP contribution in [0.5, 0.6) is 0 Å². The van der Waals surface area contributed by atoms with Crippen molar-refractivity contribution in [2.75, 3.05) is 0 Å². The van der Waals surface area contributed by atoms with Crippen LogP contribution in [0.4, 0.5) is 0 Å². The molecule has 0 spiro atoms. The molecule has 102 valence electrons. The Morgan fingerprint density at radius 1 is 1.32 bits per heavy atom. The van der Waals surface area contributed by atoms with Gasteiger partial charge in [0.05, 0.1) is 6.33 Å². The first kappa shape index (κ1) is 12.2. The van der Waals surface area contributed by atoms with Crippen molar-refractivity contribution in [1.82, 2.24) is 19.1 Å². The molecule has 0 bridgehead atoms. The Morgan fingerprint density at radius 3 is 2.79 bits per heavy atom. The SMILES string of the molecule is Cn1cnc2[nH]c(=O)n(CC3CCCCC3)c(=O)c21. The second-order valence-corrected chi connectivity index (χ2v) is 5.40. The Hall–Kier alpha value is -1.85. The molecule has 0 aromatic carbocycles. The highest BCUT2D eigenvalue weighted by Crippen LogP contribution is 2.24. The monoisotopic (exact) mass is 262 g/mol. The summed E-state index contributed by atoms with van der Waals surface area (Å²) in [7, 11) is 1.76. The molecule has 0 amide bonds. The minimum Gasteiger partial charge on any atom is -0.328 e. The average molecular weight is 262 g/mol. The predicted octanol–water partition coefficient (Wildman–Crippen LogP) is 1.00. The number of aryl methyl sites for hydroxylation is 1. The summed E-state index contributed by atoms with van der Waals surface area (Å²) in [6.45, 7) is 0.523. The zero-order valence-electron chi connectivity index (χ0n) is 11.1. The van der Waals surface area contributed by atoms with Crippen molar-refractivity contribution in [3.63, 3.8) is 0 Å². The maximum atomic E-state index is 12.4. The van der Waals surface area contributed by atoms with E-state index in [1.165, 1.54) is 23.8 Å². The number of nitrogens with one attached hydrogen (secondary N) is 1. The average Bonchev–Trinajstić information content (AvgIpc) is 2.77. The first-order valence-corrected chi connectivity index (χ1v) is 6.81. The van der Waals surface area contributed by atoms with Gasteiger partial charge in [-0.25, -0.2) is 9.78 Å². The lowest BCUT2D eigenvalue weighted by molar-refractivity contribution is 0.312. The Morgan fingerprint density at radius 2 is 2.05 bits per heavy atom. The fourth-order valence-corrected chi connectivity index (χ4v) is 2.96. The molecule has 0 saturated heterocycles. The molecule has 1 N–H and O–H groups in total. The summed E-state index contributed by atoms with van der Waals surface area (Å²) in [5.41, 5.74) is 0.263. The van der Waals surface area contributed by atoms with Crippen molar-refractivity contribution in [2.45, 2.75) is 38.6 Å². The molecule has 0 aliphatic heterocycles. The van der Waals surface area contributed by atoms with Gasteiger partial charge in [-0.2, -0.15) is 0 Å². The number of fused-ring (bicyclic) bond motifs is 1. The lowest BCUT2D eigenvalue weighted by Gasteiger charge is -2.21. The standard InChI is InChI=1S/C13H18N4O2/c1-16-8-14-11-10(16)12(18)17(13(19)15-11)7-9-5-3-2-4-6-9/h8-9H,2-7H2,1H3,(H,15,19). The Kier molecular flexibility index (Phi) is 3.00. The molecule has 19 heavy (non-hydrogen) atoms. The van der Waals surface area contributed by atoms with Gasteiger partial charge in [0.2, 0.25) is 0 Å². The normalized spacial score (nSPS) is 17.1. The molecule has 2 aromatic heterocycles. The summed E-state index contributed by atoms with van der Waals surface area (Å²) in [6.07, 6.45) is 7.43. The van der Waals surface area contributed by atoms with Gasteiger partial charge in [-0.15, -0.1) is 0 Å². The number of nitrogens with zero attached hydrogens (tertiary/aromatic N) is 3. The number of H-pyrrole nitrogens is 1. The van der Waals surface area contributed by atoms with Gasteiger partial charge in [0, 0.05) is 13.6 Å². The topological polar surface area (TPSA) is 72.7 Å². The van der Waals surface area contributed by atoms with E-state index in [0.717, 1.165) is 12.8 Å². The first-order valence-electron chi connectivity index (χ1n) is 6.81. The van der Waals surface area contributed by atoms with E-state index in [-0.39, 0.29) is 11.2 Å². The number of rotatable bonds is 2. The number of aromatic nitrogens is 4. The minimum absolute atomic E-state index is 0.232. The molecular formula is C13H18N4O2. The van der Waals surface area contributed by atoms with Crippen LogP contribution in [0, 0.1) is 5.92 Å². The van der Waals surface area contributed by atoms with Crippen LogP contribution in [-0.2, 0) is 13.6 Å². The maximum Gasteiger partial charge on any atom is 0.330 e. The molecule has 3 rings (SSSR count). The first-order chi connectivity index (χ1) is 9.16. The van der Waals surface area contributed by atoms with Crippen molar-refractivity contribution in [2.24, 2.45) is 13.0 Å². The van der Waals surface area contributed by atoms with Crippen LogP contribution in [0.25, 0.3) is 11.2 Å². The Labute approximate surface area is 110 Å². The molecule has 1 aliphatic rings. The molecular weight excluding hydrogens is 244 g/mol. The van der Waals surface area contributed by atoms with Crippen molar-refractivity contribution in [3.05, 3.63) is 27.2 Å². The second kappa shape index (κ2) is 4.68. The van der Waals surface area contributed by atoms with Crippen LogP contribution in [0.2, 0.25) is 0 Å². The van der Waals surface area contributed by atoms with E-state index < -0.39 is 0 Å². The number of hydrogen-bond donors (Lipinski definition) is 1. The van der Waals surface area contributed by atoms with Crippen LogP contribution in [0.15, 0.2) is 15.9 Å². The van der Waals surface area contributed by atoms with Gasteiger partial charge in [-0.3, -0.25) is 14.3 Å². The second-order valence-electron chi connectivity index (χ2n) is 5.40. The van der Waals surface area contributed by atoms with E-state index >= 15 is 0 Å². The highest BCUT2D eigenvalue weighted by Gasteiger charge is 2.18. The van der Waals surface area contributed by atoms with Crippen LogP contribution in [-0.4, -0.2) is 19.1 Å². The Bertz CT molecular complexity index is 703. The van der Waals surface area contributed by atoms with E-state index in [9.17, 15) is 9.59 Å². The third-order valence-electron chi connectivity index (χ3n) is 4.02. The summed E-state index contributed by atoms with van der Waals surface area (Å²) >= 11 is 0. The maximum absolute atomic E-state index is 12.4. The Balaban J connectivity index is 2.05. The molecule has 2 aromatic rings. The molecule has 1 saturated carbocycles. The van der Waals surface area contributed by atoms with Gasteiger partial charge < -0.3 is 4.57 Å². The van der Waals surface area contributed by atoms with Crippen molar-refractivity contribution < 1.29 is 0 Å². The van der Waals surface area contributed by atoms with Gasteiger partial charge in [0.1, 0.15) is 0 Å². The quantitative estimate of drug-likeness (QED) is 0.877. The van der Waals surface area contributed by atoms with Crippen LogP contribution in [0.3, 0.4) is 0 Å². The van der Waals surface area contributed by atoms with Crippen molar-refractivity contribution >= 4 is 11.2 Å². The lowest BCUT2D eigenvalue weighted by atomic mass is 9.89. The summed E-state index contributed by atoms with van der Waals surface area (Å²) in [6, 6.07) is 0. The minimum atomic E-state index is -0.346. The fourth-order valence-electron chi connectivity index (χ4n) is 2.96. The van der Waals surface area contributed by atoms with Crippen molar-refractivity contribution in [1.29, 1.82) is 0 Å². The summed E-state index contributed by atoms with van der Waals surface area (Å²) in [4.78, 5) is 31.1. The van der Waals surface area contributed by atoms with Gasteiger partial charge in [-0.05, 0) is 18.8 Å². The molecule has 0 atom stereocenters. The van der Waals surface area contributed by atoms with Crippen LogP contribution in [0.1, 0.15) is 32.1 Å². The summed E-state index contributed by atoms with van der Waals surface area (Å²) in [5, 5.41) is 0. The van der Waals surface area contributed by atoms with E-state index in [4.69, 9.17) is 0 Å². The molecule has 1 aliphatic carbocycles. The molecule has 2 heterocycles. The van der Waals surface area contributed by atoms with E-state index in [1.54, 1.807) is 17.9 Å². The van der Waals surface area contributed by atoms with E-state index in [2.05, 4.69) is 9.97 Å². The van der Waals surface area contributed by atoms with E-state index in [1.807, 2.05) is 0 Å². The van der Waals surface area contributed by atoms with Crippen molar-refractivity contribution in [3.8, 4) is 0 Å². The zero-order valence-corrected chi connectivity index (χ0v) is 11.1. The zero-order chi connectivity index (χ0) is 13.4. The summed E-state index contributed by atoms with van der Waals surface area (Å²) in [5.74, 6) is 0.443. The number of aromatic amines is 1. The third-order valence-corrected chi connectivity index (χ3v) is 4.02. The number of imidazole rings is 1. The largest absolute Gasteiger partial charge is 0.330 e. The van der Waals surface area contributed by atoms with E-state index in [0.29, 0.717) is 23.6 Å². The number of hydrogen-bond acceptors (Lipinski definition) is 3. The van der Waals surface area contributed by atoms with Gasteiger partial charge in [-0.1, -0.05) is 19.3 Å². The highest BCUT2D eigenvalue weighted by molar-refractivity contribution is 5.68. The van der Waals surface area contributed by atoms with Crippen LogP contribution < -0.4 is 11.2 Å². The van der Waals surface area contributed by atoms with Gasteiger partial charge in [0.15, 0.2) is 11.2 Å². The molecule has 1 fully saturated rings. The smallest absolute Gasteiger partial charge is 0.328 e.